The predicted octanol–water partition coefficient (Wildman–Crippen LogP) is 2.29. The largest absolute Gasteiger partial charge is 0.469 e. The molecule has 6 nitrogen and oxygen atoms in total. The summed E-state index contributed by atoms with van der Waals surface area (Å²) in [5.74, 6) is -0.210. The number of anilines is 1. The van der Waals surface area contributed by atoms with Crippen molar-refractivity contribution in [2.75, 3.05) is 25.1 Å². The Hall–Kier alpha value is -2.11. The van der Waals surface area contributed by atoms with Crippen molar-refractivity contribution >= 4 is 17.3 Å². The summed E-state index contributed by atoms with van der Waals surface area (Å²) in [5, 5.41) is 10.8. The van der Waals surface area contributed by atoms with Crippen LogP contribution in [0.2, 0.25) is 0 Å². The number of carbonyl (C=O) groups excluding carboxylic acids is 1. The third-order valence-electron chi connectivity index (χ3n) is 3.89. The summed E-state index contributed by atoms with van der Waals surface area (Å²) in [5.41, 5.74) is 1.13. The Morgan fingerprint density at radius 1 is 1.50 bits per heavy atom. The minimum Gasteiger partial charge on any atom is -0.469 e. The Morgan fingerprint density at radius 3 is 2.75 bits per heavy atom. The summed E-state index contributed by atoms with van der Waals surface area (Å²) in [6.45, 7) is 4.91. The molecule has 20 heavy (non-hydrogen) atoms. The van der Waals surface area contributed by atoms with Crippen molar-refractivity contribution in [3.05, 3.63) is 33.9 Å². The van der Waals surface area contributed by atoms with E-state index in [9.17, 15) is 14.9 Å². The van der Waals surface area contributed by atoms with Gasteiger partial charge in [0.25, 0.3) is 5.69 Å². The first-order valence-corrected chi connectivity index (χ1v) is 6.46. The van der Waals surface area contributed by atoms with Gasteiger partial charge in [0.05, 0.1) is 17.4 Å². The van der Waals surface area contributed by atoms with Crippen LogP contribution in [0.15, 0.2) is 18.2 Å². The van der Waals surface area contributed by atoms with Gasteiger partial charge in [-0.3, -0.25) is 14.9 Å². The Morgan fingerprint density at radius 2 is 2.20 bits per heavy atom. The average Bonchev–Trinajstić information content (AvgIpc) is 2.81. The molecule has 1 aliphatic heterocycles. The van der Waals surface area contributed by atoms with Crippen molar-refractivity contribution < 1.29 is 14.5 Å². The smallest absolute Gasteiger partial charge is 0.313 e. The minimum absolute atomic E-state index is 0.115. The molecule has 0 bridgehead atoms. The molecule has 0 amide bonds. The van der Waals surface area contributed by atoms with Crippen molar-refractivity contribution in [2.24, 2.45) is 5.41 Å². The highest BCUT2D eigenvalue weighted by atomic mass is 16.6. The predicted molar refractivity (Wildman–Crippen MR) is 74.8 cm³/mol. The van der Waals surface area contributed by atoms with E-state index in [1.54, 1.807) is 19.1 Å². The molecule has 1 aliphatic rings. The maximum absolute atomic E-state index is 11.8. The fourth-order valence-electron chi connectivity index (χ4n) is 2.64. The van der Waals surface area contributed by atoms with Crippen LogP contribution in [-0.4, -0.2) is 31.1 Å². The number of hydrogen-bond acceptors (Lipinski definition) is 5. The third-order valence-corrected chi connectivity index (χ3v) is 3.89. The molecule has 6 heteroatoms. The molecule has 1 fully saturated rings. The molecule has 108 valence electrons. The van der Waals surface area contributed by atoms with Gasteiger partial charge in [0, 0.05) is 30.4 Å². The maximum atomic E-state index is 11.8. The Kier molecular flexibility index (Phi) is 3.65. The monoisotopic (exact) mass is 278 g/mol. The fourth-order valence-corrected chi connectivity index (χ4v) is 2.64. The van der Waals surface area contributed by atoms with E-state index in [2.05, 4.69) is 4.90 Å². The summed E-state index contributed by atoms with van der Waals surface area (Å²) >= 11 is 0. The van der Waals surface area contributed by atoms with Gasteiger partial charge in [-0.05, 0) is 32.4 Å². The number of nitrogens with zero attached hydrogens (tertiary/aromatic N) is 2. The summed E-state index contributed by atoms with van der Waals surface area (Å²) in [4.78, 5) is 24.3. The van der Waals surface area contributed by atoms with Gasteiger partial charge in [-0.15, -0.1) is 0 Å². The van der Waals surface area contributed by atoms with E-state index in [0.717, 1.165) is 18.7 Å². The van der Waals surface area contributed by atoms with Crippen LogP contribution in [-0.2, 0) is 9.53 Å². The van der Waals surface area contributed by atoms with Gasteiger partial charge in [0.1, 0.15) is 0 Å². The Bertz CT molecular complexity index is 558. The van der Waals surface area contributed by atoms with Gasteiger partial charge in [-0.2, -0.15) is 0 Å². The van der Waals surface area contributed by atoms with Crippen molar-refractivity contribution in [2.45, 2.75) is 20.3 Å². The van der Waals surface area contributed by atoms with Crippen molar-refractivity contribution in [1.29, 1.82) is 0 Å². The molecule has 1 heterocycles. The number of aryl methyl sites for hydroxylation is 1. The highest BCUT2D eigenvalue weighted by molar-refractivity contribution is 5.78. The van der Waals surface area contributed by atoms with Crippen LogP contribution in [0.4, 0.5) is 11.4 Å². The Labute approximate surface area is 117 Å². The normalized spacial score (nSPS) is 21.9. The van der Waals surface area contributed by atoms with Crippen molar-refractivity contribution in [1.82, 2.24) is 0 Å². The molecule has 2 rings (SSSR count). The molecule has 0 aliphatic carbocycles. The molecule has 1 aromatic carbocycles. The summed E-state index contributed by atoms with van der Waals surface area (Å²) in [6.07, 6.45) is 0.718. The first kappa shape index (κ1) is 14.3. The zero-order chi connectivity index (χ0) is 14.9. The first-order chi connectivity index (χ1) is 9.37. The van der Waals surface area contributed by atoms with E-state index in [0.29, 0.717) is 12.1 Å². The first-order valence-electron chi connectivity index (χ1n) is 6.46. The highest BCUT2D eigenvalue weighted by Gasteiger charge is 2.41. The number of nitro groups is 1. The average molecular weight is 278 g/mol. The molecule has 0 saturated carbocycles. The number of rotatable bonds is 3. The topological polar surface area (TPSA) is 72.7 Å². The van der Waals surface area contributed by atoms with E-state index in [4.69, 9.17) is 4.74 Å². The van der Waals surface area contributed by atoms with Crippen molar-refractivity contribution in [3.8, 4) is 0 Å². The van der Waals surface area contributed by atoms with Gasteiger partial charge < -0.3 is 9.64 Å². The van der Waals surface area contributed by atoms with Crippen LogP contribution in [0, 0.1) is 22.5 Å². The second-order valence-electron chi connectivity index (χ2n) is 5.45. The number of nitro benzene ring substituents is 1. The zero-order valence-electron chi connectivity index (χ0n) is 11.9. The standard InChI is InChI=1S/C14H18N2O4/c1-10-8-11(4-5-12(10)16(18)19)15-7-6-14(2,9-15)13(17)20-3/h4-5,8H,6-7,9H2,1-3H3. The molecular weight excluding hydrogens is 260 g/mol. The zero-order valence-corrected chi connectivity index (χ0v) is 11.9. The summed E-state index contributed by atoms with van der Waals surface area (Å²) in [7, 11) is 1.40. The molecule has 0 N–H and O–H groups in total. The number of hydrogen-bond donors (Lipinski definition) is 0. The number of methoxy groups -OCH3 is 1. The van der Waals surface area contributed by atoms with Gasteiger partial charge in [0.2, 0.25) is 0 Å². The summed E-state index contributed by atoms with van der Waals surface area (Å²) in [6, 6.07) is 5.04. The third kappa shape index (κ3) is 2.45. The molecule has 1 aromatic rings. The molecule has 1 saturated heterocycles. The van der Waals surface area contributed by atoms with Crippen LogP contribution in [0.1, 0.15) is 18.9 Å². The number of ether oxygens (including phenoxy) is 1. The molecule has 0 radical (unpaired) electrons. The summed E-state index contributed by atoms with van der Waals surface area (Å²) < 4.78 is 4.84. The van der Waals surface area contributed by atoms with Gasteiger partial charge >= 0.3 is 5.97 Å². The van der Waals surface area contributed by atoms with E-state index >= 15 is 0 Å². The van der Waals surface area contributed by atoms with Crippen LogP contribution < -0.4 is 4.90 Å². The van der Waals surface area contributed by atoms with Gasteiger partial charge in [0.15, 0.2) is 0 Å². The van der Waals surface area contributed by atoms with Crippen LogP contribution in [0.25, 0.3) is 0 Å². The number of benzene rings is 1. The second kappa shape index (κ2) is 5.11. The van der Waals surface area contributed by atoms with Crippen LogP contribution in [0.3, 0.4) is 0 Å². The molecule has 1 unspecified atom stereocenters. The second-order valence-corrected chi connectivity index (χ2v) is 5.45. The molecule has 0 spiro atoms. The minimum atomic E-state index is -0.509. The lowest BCUT2D eigenvalue weighted by molar-refractivity contribution is -0.385. The quantitative estimate of drug-likeness (QED) is 0.482. The lowest BCUT2D eigenvalue weighted by atomic mass is 9.90. The number of esters is 1. The fraction of sp³-hybridized carbons (Fsp3) is 0.500. The van der Waals surface area contributed by atoms with E-state index in [-0.39, 0.29) is 16.6 Å². The lowest BCUT2D eigenvalue weighted by Gasteiger charge is -2.23. The Balaban J connectivity index is 2.21. The number of carbonyl (C=O) groups is 1. The lowest BCUT2D eigenvalue weighted by Crippen LogP contribution is -2.32. The maximum Gasteiger partial charge on any atom is 0.313 e. The van der Waals surface area contributed by atoms with E-state index in [1.165, 1.54) is 13.2 Å². The van der Waals surface area contributed by atoms with Gasteiger partial charge in [-0.1, -0.05) is 0 Å². The van der Waals surface area contributed by atoms with Gasteiger partial charge in [-0.25, -0.2) is 0 Å². The van der Waals surface area contributed by atoms with Crippen molar-refractivity contribution in [3.63, 3.8) is 0 Å². The molecule has 1 atom stereocenters. The van der Waals surface area contributed by atoms with E-state index < -0.39 is 5.41 Å². The van der Waals surface area contributed by atoms with E-state index in [1.807, 2.05) is 6.92 Å². The SMILES string of the molecule is COC(=O)C1(C)CCN(c2ccc([N+](=O)[O-])c(C)c2)C1. The van der Waals surface area contributed by atoms with Crippen LogP contribution in [0.5, 0.6) is 0 Å². The van der Waals surface area contributed by atoms with Crippen LogP contribution >= 0.6 is 0 Å². The highest BCUT2D eigenvalue weighted by Crippen LogP contribution is 2.35. The molecular formula is C14H18N2O4. The molecule has 0 aromatic heterocycles.